The molecule has 0 saturated carbocycles. The minimum absolute atomic E-state index is 0.0396. The zero-order valence-electron chi connectivity index (χ0n) is 17.2. The highest BCUT2D eigenvalue weighted by Gasteiger charge is 2.52. The fourth-order valence-electron chi connectivity index (χ4n) is 3.81. The Morgan fingerprint density at radius 2 is 2.03 bits per heavy atom. The summed E-state index contributed by atoms with van der Waals surface area (Å²) in [4.78, 5) is 37.7. The molecule has 1 aliphatic rings. The number of amides is 4. The number of aryl methyl sites for hydroxylation is 1. The van der Waals surface area contributed by atoms with E-state index >= 15 is 0 Å². The largest absolute Gasteiger partial charge is 0.466 e. The third kappa shape index (κ3) is 3.14. The van der Waals surface area contributed by atoms with Crippen LogP contribution in [0, 0.1) is 6.92 Å². The smallest absolute Gasteiger partial charge is 0.344 e. The third-order valence-electron chi connectivity index (χ3n) is 5.46. The Morgan fingerprint density at radius 1 is 1.27 bits per heavy atom. The summed E-state index contributed by atoms with van der Waals surface area (Å²) in [6.07, 6.45) is 2.91. The Balaban J connectivity index is 1.53. The van der Waals surface area contributed by atoms with Crippen molar-refractivity contribution in [2.45, 2.75) is 45.6 Å². The van der Waals surface area contributed by atoms with Gasteiger partial charge in [-0.1, -0.05) is 13.8 Å². The summed E-state index contributed by atoms with van der Waals surface area (Å²) in [6.45, 7) is 7.76. The Labute approximate surface area is 173 Å². The van der Waals surface area contributed by atoms with E-state index in [0.29, 0.717) is 22.1 Å². The summed E-state index contributed by atoms with van der Waals surface area (Å²) in [6, 6.07) is 6.48. The number of urea groups is 1. The van der Waals surface area contributed by atoms with Crippen molar-refractivity contribution < 1.29 is 23.2 Å². The van der Waals surface area contributed by atoms with Gasteiger partial charge in [0, 0.05) is 10.9 Å². The predicted molar refractivity (Wildman–Crippen MR) is 108 cm³/mol. The summed E-state index contributed by atoms with van der Waals surface area (Å²) in [5.41, 5.74) is 4.70. The average molecular weight is 409 g/mol. The van der Waals surface area contributed by atoms with Crippen LogP contribution in [0.4, 0.5) is 4.79 Å². The quantitative estimate of drug-likeness (QED) is 0.628. The SMILES string of the molecule is Cc1cc2occ(CC(=O)NN3C(=O)N[C@@](C)(c4ccco4)C3=O)c2cc1C(C)C. The van der Waals surface area contributed by atoms with Crippen LogP contribution in [0.15, 0.2) is 45.6 Å². The molecule has 8 heteroatoms. The van der Waals surface area contributed by atoms with Crippen molar-refractivity contribution in [3.63, 3.8) is 0 Å². The second kappa shape index (κ2) is 7.05. The third-order valence-corrected chi connectivity index (χ3v) is 5.46. The van der Waals surface area contributed by atoms with Crippen LogP contribution in [-0.4, -0.2) is 22.9 Å². The minimum atomic E-state index is -1.38. The molecule has 0 bridgehead atoms. The molecule has 1 aliphatic heterocycles. The first-order chi connectivity index (χ1) is 14.2. The van der Waals surface area contributed by atoms with Crippen LogP contribution in [0.25, 0.3) is 11.0 Å². The van der Waals surface area contributed by atoms with Gasteiger partial charge in [-0.2, -0.15) is 5.01 Å². The monoisotopic (exact) mass is 409 g/mol. The molecule has 0 radical (unpaired) electrons. The van der Waals surface area contributed by atoms with Crippen molar-refractivity contribution in [1.82, 2.24) is 15.8 Å². The lowest BCUT2D eigenvalue weighted by atomic mass is 9.95. The zero-order chi connectivity index (χ0) is 21.6. The van der Waals surface area contributed by atoms with Crippen molar-refractivity contribution >= 4 is 28.8 Å². The number of benzene rings is 1. The van der Waals surface area contributed by atoms with Crippen LogP contribution < -0.4 is 10.7 Å². The van der Waals surface area contributed by atoms with Crippen LogP contribution in [-0.2, 0) is 21.5 Å². The maximum atomic E-state index is 12.8. The molecule has 156 valence electrons. The summed E-state index contributed by atoms with van der Waals surface area (Å²) < 4.78 is 10.9. The maximum absolute atomic E-state index is 12.8. The predicted octanol–water partition coefficient (Wildman–Crippen LogP) is 3.50. The summed E-state index contributed by atoms with van der Waals surface area (Å²) >= 11 is 0. The number of furan rings is 2. The number of hydrogen-bond donors (Lipinski definition) is 2. The van der Waals surface area contributed by atoms with Crippen LogP contribution in [0.3, 0.4) is 0 Å². The van der Waals surface area contributed by atoms with Gasteiger partial charge in [0.05, 0.1) is 18.9 Å². The van der Waals surface area contributed by atoms with Gasteiger partial charge in [0.2, 0.25) is 5.91 Å². The van der Waals surface area contributed by atoms with Gasteiger partial charge >= 0.3 is 6.03 Å². The van der Waals surface area contributed by atoms with Crippen molar-refractivity contribution in [1.29, 1.82) is 0 Å². The topological polar surface area (TPSA) is 105 Å². The van der Waals surface area contributed by atoms with Gasteiger partial charge < -0.3 is 14.2 Å². The summed E-state index contributed by atoms with van der Waals surface area (Å²) in [5.74, 6) is -0.506. The van der Waals surface area contributed by atoms with E-state index in [2.05, 4.69) is 24.6 Å². The van der Waals surface area contributed by atoms with Gasteiger partial charge in [0.25, 0.3) is 5.91 Å². The Morgan fingerprint density at radius 3 is 2.70 bits per heavy atom. The zero-order valence-corrected chi connectivity index (χ0v) is 17.2. The molecular formula is C22H23N3O5. The lowest BCUT2D eigenvalue weighted by molar-refractivity contribution is -0.139. The Hall–Kier alpha value is -3.55. The molecule has 30 heavy (non-hydrogen) atoms. The molecule has 1 fully saturated rings. The second-order valence-corrected chi connectivity index (χ2v) is 8.01. The van der Waals surface area contributed by atoms with E-state index in [4.69, 9.17) is 8.83 Å². The molecule has 0 spiro atoms. The molecule has 4 amide bonds. The lowest BCUT2D eigenvalue weighted by Crippen LogP contribution is -2.48. The standard InChI is InChI=1S/C22H23N3O5/c1-12(2)15-10-16-14(11-30-17(16)8-13(15)3)9-19(26)24-25-20(27)22(4,23-21(25)28)18-6-5-7-29-18/h5-8,10-12H,9H2,1-4H3,(H,23,28)(H,24,26)/t22-/m0/s1. The van der Waals surface area contributed by atoms with Gasteiger partial charge in [-0.25, -0.2) is 4.79 Å². The number of carbonyl (C=O) groups is 3. The molecule has 0 aliphatic carbocycles. The fourth-order valence-corrected chi connectivity index (χ4v) is 3.81. The molecule has 1 saturated heterocycles. The van der Waals surface area contributed by atoms with Crippen LogP contribution in [0.2, 0.25) is 0 Å². The highest BCUT2D eigenvalue weighted by Crippen LogP contribution is 2.30. The summed E-state index contributed by atoms with van der Waals surface area (Å²) in [7, 11) is 0. The van der Waals surface area contributed by atoms with Crippen LogP contribution >= 0.6 is 0 Å². The number of nitrogens with zero attached hydrogens (tertiary/aromatic N) is 1. The molecule has 1 aromatic carbocycles. The van der Waals surface area contributed by atoms with Gasteiger partial charge in [-0.15, -0.1) is 0 Å². The first kappa shape index (κ1) is 19.8. The van der Waals surface area contributed by atoms with E-state index in [9.17, 15) is 14.4 Å². The Bertz CT molecular complexity index is 1150. The number of hydrogen-bond acceptors (Lipinski definition) is 5. The lowest BCUT2D eigenvalue weighted by Gasteiger charge is -2.19. The number of imide groups is 1. The minimum Gasteiger partial charge on any atom is -0.466 e. The summed E-state index contributed by atoms with van der Waals surface area (Å²) in [5, 5.41) is 4.10. The average Bonchev–Trinajstić information content (AvgIpc) is 3.39. The van der Waals surface area contributed by atoms with Gasteiger partial charge in [0.15, 0.2) is 5.54 Å². The second-order valence-electron chi connectivity index (χ2n) is 8.01. The first-order valence-corrected chi connectivity index (χ1v) is 9.71. The van der Waals surface area contributed by atoms with Crippen molar-refractivity contribution in [3.8, 4) is 0 Å². The number of rotatable bonds is 5. The number of hydrazine groups is 1. The van der Waals surface area contributed by atoms with E-state index in [1.54, 1.807) is 12.1 Å². The van der Waals surface area contributed by atoms with Gasteiger partial charge in [-0.05, 0) is 55.2 Å². The van der Waals surface area contributed by atoms with E-state index in [-0.39, 0.29) is 12.2 Å². The molecule has 4 rings (SSSR count). The van der Waals surface area contributed by atoms with Crippen LogP contribution in [0.5, 0.6) is 0 Å². The number of nitrogens with one attached hydrogen (secondary N) is 2. The number of carbonyl (C=O) groups excluding carboxylic acids is 3. The highest BCUT2D eigenvalue weighted by molar-refractivity contribution is 6.08. The van der Waals surface area contributed by atoms with E-state index < -0.39 is 23.4 Å². The molecule has 8 nitrogen and oxygen atoms in total. The molecule has 3 heterocycles. The molecule has 2 aromatic heterocycles. The fraction of sp³-hybridized carbons (Fsp3) is 0.318. The maximum Gasteiger partial charge on any atom is 0.344 e. The van der Waals surface area contributed by atoms with Crippen molar-refractivity contribution in [2.24, 2.45) is 0 Å². The Kier molecular flexibility index (Phi) is 4.64. The van der Waals surface area contributed by atoms with Gasteiger partial charge in [-0.3, -0.25) is 15.0 Å². The van der Waals surface area contributed by atoms with Crippen LogP contribution in [0.1, 0.15) is 49.1 Å². The van der Waals surface area contributed by atoms with Crippen molar-refractivity contribution in [3.05, 3.63) is 59.2 Å². The van der Waals surface area contributed by atoms with E-state index in [1.165, 1.54) is 25.0 Å². The number of fused-ring (bicyclic) bond motifs is 1. The van der Waals surface area contributed by atoms with Crippen molar-refractivity contribution in [2.75, 3.05) is 0 Å². The van der Waals surface area contributed by atoms with E-state index in [0.717, 1.165) is 10.9 Å². The molecular weight excluding hydrogens is 386 g/mol. The molecule has 1 atom stereocenters. The molecule has 3 aromatic rings. The van der Waals surface area contributed by atoms with Gasteiger partial charge in [0.1, 0.15) is 11.3 Å². The first-order valence-electron chi connectivity index (χ1n) is 9.71. The normalized spacial score (nSPS) is 19.0. The molecule has 2 N–H and O–H groups in total. The van der Waals surface area contributed by atoms with E-state index in [1.807, 2.05) is 19.1 Å². The highest BCUT2D eigenvalue weighted by atomic mass is 16.3. The molecule has 0 unspecified atom stereocenters.